The van der Waals surface area contributed by atoms with Crippen molar-refractivity contribution >= 4 is 44.4 Å². The third-order valence-electron chi connectivity index (χ3n) is 3.77. The van der Waals surface area contributed by atoms with E-state index in [1.807, 2.05) is 30.3 Å². The van der Waals surface area contributed by atoms with Crippen molar-refractivity contribution < 1.29 is 17.9 Å². The van der Waals surface area contributed by atoms with Gasteiger partial charge in [0, 0.05) is 17.8 Å². The van der Waals surface area contributed by atoms with E-state index in [0.717, 1.165) is 23.2 Å². The van der Waals surface area contributed by atoms with Crippen LogP contribution in [-0.2, 0) is 27.7 Å². The summed E-state index contributed by atoms with van der Waals surface area (Å²) in [5.41, 5.74) is 1.58. The third-order valence-corrected chi connectivity index (χ3v) is 6.64. The van der Waals surface area contributed by atoms with Gasteiger partial charge in [0.15, 0.2) is 9.84 Å². The number of ether oxygens (including phenoxy) is 1. The number of benzene rings is 1. The minimum Gasteiger partial charge on any atom is -0.375 e. The highest BCUT2D eigenvalue weighted by atomic mass is 35.5. The van der Waals surface area contributed by atoms with Crippen molar-refractivity contribution in [1.29, 1.82) is 0 Å². The van der Waals surface area contributed by atoms with Gasteiger partial charge in [-0.3, -0.25) is 9.48 Å². The predicted octanol–water partition coefficient (Wildman–Crippen LogP) is 3.47. The van der Waals surface area contributed by atoms with Gasteiger partial charge < -0.3 is 10.1 Å². The van der Waals surface area contributed by atoms with Gasteiger partial charge in [-0.15, -0.1) is 11.3 Å². The Morgan fingerprint density at radius 2 is 2.07 bits per heavy atom. The quantitative estimate of drug-likeness (QED) is 0.543. The lowest BCUT2D eigenvalue weighted by Gasteiger charge is -2.04. The molecule has 7 nitrogen and oxygen atoms in total. The van der Waals surface area contributed by atoms with Crippen LogP contribution < -0.4 is 5.32 Å². The number of rotatable bonds is 8. The molecule has 2 heterocycles. The number of hydrogen-bond acceptors (Lipinski definition) is 6. The molecule has 0 fully saturated rings. The SMILES string of the molecule is CS(=O)(=O)c1csc(C(=O)Nc2cnn(CCOCc3ccccc3)c2)c1Cl. The van der Waals surface area contributed by atoms with E-state index in [1.54, 1.807) is 10.9 Å². The number of carbonyl (C=O) groups is 1. The summed E-state index contributed by atoms with van der Waals surface area (Å²) < 4.78 is 30.5. The molecule has 0 bridgehead atoms. The minimum atomic E-state index is -3.48. The van der Waals surface area contributed by atoms with E-state index in [2.05, 4.69) is 10.4 Å². The Bertz CT molecular complexity index is 1060. The van der Waals surface area contributed by atoms with Crippen molar-refractivity contribution in [1.82, 2.24) is 9.78 Å². The lowest BCUT2D eigenvalue weighted by molar-refractivity contribution is 0.103. The Hall–Kier alpha value is -2.20. The van der Waals surface area contributed by atoms with E-state index < -0.39 is 15.7 Å². The molecule has 0 unspecified atom stereocenters. The van der Waals surface area contributed by atoms with Gasteiger partial charge in [0.2, 0.25) is 0 Å². The van der Waals surface area contributed by atoms with E-state index >= 15 is 0 Å². The molecule has 10 heteroatoms. The fraction of sp³-hybridized carbons (Fsp3) is 0.222. The summed E-state index contributed by atoms with van der Waals surface area (Å²) in [6.45, 7) is 1.52. The molecule has 0 aliphatic heterocycles. The molecule has 0 aliphatic rings. The first-order chi connectivity index (χ1) is 13.3. The van der Waals surface area contributed by atoms with Crippen LogP contribution in [0.15, 0.2) is 53.0 Å². The molecule has 28 heavy (non-hydrogen) atoms. The zero-order chi connectivity index (χ0) is 20.1. The van der Waals surface area contributed by atoms with Crippen molar-refractivity contribution in [3.8, 4) is 0 Å². The van der Waals surface area contributed by atoms with Crippen molar-refractivity contribution in [2.24, 2.45) is 0 Å². The average molecular weight is 440 g/mol. The monoisotopic (exact) mass is 439 g/mol. The molecule has 0 radical (unpaired) electrons. The summed E-state index contributed by atoms with van der Waals surface area (Å²) in [5, 5.41) is 8.14. The number of carbonyl (C=O) groups excluding carboxylic acids is 1. The molecule has 0 spiro atoms. The second-order valence-electron chi connectivity index (χ2n) is 6.00. The van der Waals surface area contributed by atoms with Crippen LogP contribution in [-0.4, -0.2) is 37.0 Å². The maximum absolute atomic E-state index is 12.4. The molecule has 0 saturated heterocycles. The summed E-state index contributed by atoms with van der Waals surface area (Å²) in [4.78, 5) is 12.5. The van der Waals surface area contributed by atoms with Gasteiger partial charge in [-0.2, -0.15) is 5.10 Å². The number of nitrogens with zero attached hydrogens (tertiary/aromatic N) is 2. The molecule has 0 atom stereocenters. The summed E-state index contributed by atoms with van der Waals surface area (Å²) in [6.07, 6.45) is 4.23. The van der Waals surface area contributed by atoms with Crippen LogP contribution in [0.25, 0.3) is 0 Å². The van der Waals surface area contributed by atoms with Crippen LogP contribution in [0.3, 0.4) is 0 Å². The van der Waals surface area contributed by atoms with Crippen LogP contribution >= 0.6 is 22.9 Å². The number of nitrogens with one attached hydrogen (secondary N) is 1. The molecule has 1 amide bonds. The second kappa shape index (κ2) is 8.87. The number of aromatic nitrogens is 2. The molecule has 0 aliphatic carbocycles. The van der Waals surface area contributed by atoms with Gasteiger partial charge in [0.1, 0.15) is 4.88 Å². The zero-order valence-corrected chi connectivity index (χ0v) is 17.4. The summed E-state index contributed by atoms with van der Waals surface area (Å²) in [7, 11) is -3.48. The van der Waals surface area contributed by atoms with E-state index in [9.17, 15) is 13.2 Å². The van der Waals surface area contributed by atoms with Crippen molar-refractivity contribution in [3.05, 3.63) is 63.6 Å². The van der Waals surface area contributed by atoms with Gasteiger partial charge >= 0.3 is 0 Å². The number of amides is 1. The van der Waals surface area contributed by atoms with Crippen LogP contribution in [0.4, 0.5) is 5.69 Å². The zero-order valence-electron chi connectivity index (χ0n) is 15.0. The normalized spacial score (nSPS) is 11.5. The fourth-order valence-electron chi connectivity index (χ4n) is 2.39. The van der Waals surface area contributed by atoms with Crippen molar-refractivity contribution in [2.75, 3.05) is 18.2 Å². The highest BCUT2D eigenvalue weighted by molar-refractivity contribution is 7.91. The fourth-order valence-corrected chi connectivity index (χ4v) is 5.20. The predicted molar refractivity (Wildman–Crippen MR) is 109 cm³/mol. The van der Waals surface area contributed by atoms with E-state index in [-0.39, 0.29) is 14.8 Å². The molecular formula is C18H18ClN3O4S2. The summed E-state index contributed by atoms with van der Waals surface area (Å²) >= 11 is 7.02. The van der Waals surface area contributed by atoms with Crippen LogP contribution in [0.2, 0.25) is 5.02 Å². The first-order valence-corrected chi connectivity index (χ1v) is 11.4. The second-order valence-corrected chi connectivity index (χ2v) is 9.24. The molecule has 3 rings (SSSR count). The average Bonchev–Trinajstić information content (AvgIpc) is 3.25. The number of halogens is 1. The van der Waals surface area contributed by atoms with Crippen molar-refractivity contribution in [3.63, 3.8) is 0 Å². The Morgan fingerprint density at radius 1 is 1.32 bits per heavy atom. The van der Waals surface area contributed by atoms with Gasteiger partial charge in [-0.1, -0.05) is 41.9 Å². The number of hydrogen-bond donors (Lipinski definition) is 1. The number of sulfone groups is 1. The number of thiophene rings is 1. The molecule has 1 aromatic carbocycles. The lowest BCUT2D eigenvalue weighted by Crippen LogP contribution is -2.11. The van der Waals surface area contributed by atoms with Crippen LogP contribution in [0, 0.1) is 0 Å². The van der Waals surface area contributed by atoms with E-state index in [0.29, 0.717) is 25.4 Å². The lowest BCUT2D eigenvalue weighted by atomic mass is 10.2. The maximum atomic E-state index is 12.4. The first-order valence-electron chi connectivity index (χ1n) is 8.27. The molecule has 2 aromatic heterocycles. The minimum absolute atomic E-state index is 0.0458. The van der Waals surface area contributed by atoms with Crippen LogP contribution in [0.1, 0.15) is 15.2 Å². The summed E-state index contributed by atoms with van der Waals surface area (Å²) in [5.74, 6) is -0.482. The first kappa shape index (κ1) is 20.5. The smallest absolute Gasteiger partial charge is 0.267 e. The van der Waals surface area contributed by atoms with Gasteiger partial charge in [0.05, 0.1) is 41.6 Å². The Kier molecular flexibility index (Phi) is 6.50. The highest BCUT2D eigenvalue weighted by Gasteiger charge is 2.22. The molecule has 148 valence electrons. The topological polar surface area (TPSA) is 90.3 Å². The maximum Gasteiger partial charge on any atom is 0.267 e. The van der Waals surface area contributed by atoms with Crippen LogP contribution in [0.5, 0.6) is 0 Å². The molecule has 3 aromatic rings. The highest BCUT2D eigenvalue weighted by Crippen LogP contribution is 2.31. The van der Waals surface area contributed by atoms with E-state index in [1.165, 1.54) is 11.6 Å². The van der Waals surface area contributed by atoms with Gasteiger partial charge in [-0.05, 0) is 5.56 Å². The molecule has 0 saturated carbocycles. The third kappa shape index (κ3) is 5.20. The Morgan fingerprint density at radius 3 is 2.75 bits per heavy atom. The molecular weight excluding hydrogens is 422 g/mol. The standard InChI is InChI=1S/C18H18ClN3O4S2/c1-28(24,25)15-12-27-17(16(15)19)18(23)21-14-9-20-22(10-14)7-8-26-11-13-5-3-2-4-6-13/h2-6,9-10,12H,7-8,11H2,1H3,(H,21,23). The van der Waals surface area contributed by atoms with Gasteiger partial charge in [0.25, 0.3) is 5.91 Å². The molecule has 1 N–H and O–H groups in total. The van der Waals surface area contributed by atoms with Gasteiger partial charge in [-0.25, -0.2) is 8.42 Å². The largest absolute Gasteiger partial charge is 0.375 e. The van der Waals surface area contributed by atoms with Crippen molar-refractivity contribution in [2.45, 2.75) is 18.0 Å². The number of anilines is 1. The Balaban J connectivity index is 1.53. The van der Waals surface area contributed by atoms with E-state index in [4.69, 9.17) is 16.3 Å². The summed E-state index contributed by atoms with van der Waals surface area (Å²) in [6, 6.07) is 9.85. The Labute approximate surface area is 171 Å².